The molecule has 166 valence electrons. The van der Waals surface area contributed by atoms with Gasteiger partial charge in [-0.1, -0.05) is 19.4 Å². The van der Waals surface area contributed by atoms with E-state index in [-0.39, 0.29) is 18.1 Å². The minimum absolute atomic E-state index is 0.0496. The van der Waals surface area contributed by atoms with Gasteiger partial charge < -0.3 is 34.6 Å². The molecule has 0 heterocycles. The van der Waals surface area contributed by atoms with Crippen LogP contribution in [-0.2, 0) is 19.1 Å². The first-order chi connectivity index (χ1) is 14.2. The van der Waals surface area contributed by atoms with Crippen molar-refractivity contribution < 1.29 is 44.2 Å². The number of phenolic OH excluding ortho intramolecular Hbond substituents is 1. The Morgan fingerprint density at radius 2 is 1.90 bits per heavy atom. The molecule has 1 aliphatic carbocycles. The van der Waals surface area contributed by atoms with Crippen LogP contribution in [0.2, 0.25) is 0 Å². The Hall–Kier alpha value is -2.62. The summed E-state index contributed by atoms with van der Waals surface area (Å²) in [6.45, 7) is 2.05. The van der Waals surface area contributed by atoms with Gasteiger partial charge in [0.1, 0.15) is 0 Å². The Bertz CT molecular complexity index is 762. The Balaban J connectivity index is 1.97. The van der Waals surface area contributed by atoms with E-state index >= 15 is 0 Å². The Morgan fingerprint density at radius 3 is 2.50 bits per heavy atom. The number of unbranched alkanes of at least 4 members (excludes halogenated alkanes) is 1. The maximum absolute atomic E-state index is 12.1. The third-order valence-electron chi connectivity index (χ3n) is 4.83. The van der Waals surface area contributed by atoms with Gasteiger partial charge in [0, 0.05) is 18.9 Å². The fourth-order valence-corrected chi connectivity index (χ4v) is 3.17. The van der Waals surface area contributed by atoms with Gasteiger partial charge >= 0.3 is 11.9 Å². The molecule has 4 N–H and O–H groups in total. The number of ether oxygens (including phenoxy) is 3. The highest BCUT2D eigenvalue weighted by atomic mass is 16.6. The average molecular weight is 424 g/mol. The Labute approximate surface area is 174 Å². The number of esters is 2. The van der Waals surface area contributed by atoms with Crippen LogP contribution >= 0.6 is 0 Å². The van der Waals surface area contributed by atoms with Crippen molar-refractivity contribution in [3.63, 3.8) is 0 Å². The second-order valence-electron chi connectivity index (χ2n) is 7.23. The lowest BCUT2D eigenvalue weighted by Gasteiger charge is -2.39. The van der Waals surface area contributed by atoms with Crippen LogP contribution in [-0.4, -0.2) is 70.0 Å². The van der Waals surface area contributed by atoms with Crippen LogP contribution in [0.15, 0.2) is 24.3 Å². The smallest absolute Gasteiger partial charge is 0.338 e. The van der Waals surface area contributed by atoms with Crippen molar-refractivity contribution in [2.24, 2.45) is 0 Å². The van der Waals surface area contributed by atoms with Crippen molar-refractivity contribution in [3.05, 3.63) is 29.8 Å². The van der Waals surface area contributed by atoms with E-state index < -0.39 is 48.7 Å². The zero-order valence-corrected chi connectivity index (χ0v) is 17.0. The molecule has 1 aliphatic rings. The van der Waals surface area contributed by atoms with Gasteiger partial charge in [-0.2, -0.15) is 0 Å². The molecular weight excluding hydrogens is 396 g/mol. The Kier molecular flexibility index (Phi) is 8.22. The van der Waals surface area contributed by atoms with E-state index in [1.807, 2.05) is 6.92 Å². The second kappa shape index (κ2) is 10.4. The molecule has 0 bridgehead atoms. The number of carbonyl (C=O) groups excluding carboxylic acids is 2. The molecule has 9 nitrogen and oxygen atoms in total. The first-order valence-corrected chi connectivity index (χ1v) is 9.71. The number of aromatic hydroxyl groups is 1. The van der Waals surface area contributed by atoms with E-state index in [1.165, 1.54) is 25.3 Å². The van der Waals surface area contributed by atoms with Crippen molar-refractivity contribution in [1.29, 1.82) is 0 Å². The molecule has 1 aromatic carbocycles. The summed E-state index contributed by atoms with van der Waals surface area (Å²) in [6.07, 6.45) is -1.13. The van der Waals surface area contributed by atoms with E-state index in [0.29, 0.717) is 12.0 Å². The molecule has 0 spiro atoms. The molecule has 0 aromatic heterocycles. The summed E-state index contributed by atoms with van der Waals surface area (Å²) >= 11 is 0. The zero-order valence-electron chi connectivity index (χ0n) is 17.0. The lowest BCUT2D eigenvalue weighted by Crippen LogP contribution is -2.57. The molecule has 1 saturated carbocycles. The highest BCUT2D eigenvalue weighted by molar-refractivity contribution is 5.87. The minimum Gasteiger partial charge on any atom is -0.504 e. The predicted molar refractivity (Wildman–Crippen MR) is 106 cm³/mol. The van der Waals surface area contributed by atoms with Crippen LogP contribution in [0, 0.1) is 0 Å². The predicted octanol–water partition coefficient (Wildman–Crippen LogP) is 0.916. The SMILES string of the molecule is CCCCOC(=O)C1(O)CC(O)C(OC(=O)/C=C/c2ccc(O)c(OC)c2)C(O)C1. The van der Waals surface area contributed by atoms with E-state index in [0.717, 1.165) is 12.5 Å². The summed E-state index contributed by atoms with van der Waals surface area (Å²) in [5.41, 5.74) is -1.50. The van der Waals surface area contributed by atoms with Gasteiger partial charge in [0.25, 0.3) is 0 Å². The number of methoxy groups -OCH3 is 1. The maximum atomic E-state index is 12.1. The molecule has 30 heavy (non-hydrogen) atoms. The molecule has 0 amide bonds. The molecular formula is C21H28O9. The number of benzene rings is 1. The quantitative estimate of drug-likeness (QED) is 0.272. The largest absolute Gasteiger partial charge is 0.504 e. The minimum atomic E-state index is -2.05. The third kappa shape index (κ3) is 5.94. The standard InChI is InChI=1S/C21H28O9/c1-3-4-9-29-20(26)21(27)11-15(23)19(16(24)12-21)30-18(25)8-6-13-5-7-14(22)17(10-13)28-2/h5-8,10,15-16,19,22-24,27H,3-4,9,11-12H2,1-2H3/b8-6+. The molecule has 1 aromatic rings. The lowest BCUT2D eigenvalue weighted by molar-refractivity contribution is -0.200. The number of hydrogen-bond donors (Lipinski definition) is 4. The van der Waals surface area contributed by atoms with Crippen LogP contribution in [0.1, 0.15) is 38.2 Å². The Morgan fingerprint density at radius 1 is 1.23 bits per heavy atom. The number of hydrogen-bond acceptors (Lipinski definition) is 9. The van der Waals surface area contributed by atoms with Crippen LogP contribution in [0.3, 0.4) is 0 Å². The average Bonchev–Trinajstić information content (AvgIpc) is 2.70. The van der Waals surface area contributed by atoms with Gasteiger partial charge in [-0.15, -0.1) is 0 Å². The van der Waals surface area contributed by atoms with E-state index in [2.05, 4.69) is 0 Å². The molecule has 0 saturated heterocycles. The summed E-state index contributed by atoms with van der Waals surface area (Å²) in [4.78, 5) is 24.2. The number of rotatable bonds is 8. The van der Waals surface area contributed by atoms with E-state index in [9.17, 15) is 30.0 Å². The molecule has 2 rings (SSSR count). The fourth-order valence-electron chi connectivity index (χ4n) is 3.17. The molecule has 9 heteroatoms. The number of aliphatic hydroxyl groups excluding tert-OH is 2. The molecule has 0 aliphatic heterocycles. The first kappa shape index (κ1) is 23.7. The van der Waals surface area contributed by atoms with Crippen molar-refractivity contribution in [1.82, 2.24) is 0 Å². The molecule has 2 unspecified atom stereocenters. The molecule has 2 atom stereocenters. The van der Waals surface area contributed by atoms with Gasteiger partial charge in [-0.25, -0.2) is 9.59 Å². The lowest BCUT2D eigenvalue weighted by atomic mass is 9.79. The fraction of sp³-hybridized carbons (Fsp3) is 0.524. The zero-order chi connectivity index (χ0) is 22.3. The monoisotopic (exact) mass is 424 g/mol. The maximum Gasteiger partial charge on any atom is 0.338 e. The number of carbonyl (C=O) groups is 2. The number of phenols is 1. The third-order valence-corrected chi connectivity index (χ3v) is 4.83. The van der Waals surface area contributed by atoms with Crippen molar-refractivity contribution in [2.75, 3.05) is 13.7 Å². The second-order valence-corrected chi connectivity index (χ2v) is 7.23. The van der Waals surface area contributed by atoms with Gasteiger partial charge in [-0.05, 0) is 30.2 Å². The van der Waals surface area contributed by atoms with E-state index in [4.69, 9.17) is 14.2 Å². The van der Waals surface area contributed by atoms with Gasteiger partial charge in [0.2, 0.25) is 0 Å². The summed E-state index contributed by atoms with van der Waals surface area (Å²) in [5.74, 6) is -1.57. The van der Waals surface area contributed by atoms with Crippen molar-refractivity contribution >= 4 is 18.0 Å². The van der Waals surface area contributed by atoms with Crippen LogP contribution in [0.4, 0.5) is 0 Å². The highest BCUT2D eigenvalue weighted by Crippen LogP contribution is 2.32. The van der Waals surface area contributed by atoms with Gasteiger partial charge in [0.05, 0.1) is 25.9 Å². The summed E-state index contributed by atoms with van der Waals surface area (Å²) in [6, 6.07) is 4.46. The van der Waals surface area contributed by atoms with Crippen molar-refractivity contribution in [2.45, 2.75) is 56.5 Å². The van der Waals surface area contributed by atoms with Crippen LogP contribution in [0.5, 0.6) is 11.5 Å². The first-order valence-electron chi connectivity index (χ1n) is 9.71. The topological polar surface area (TPSA) is 143 Å². The van der Waals surface area contributed by atoms with E-state index in [1.54, 1.807) is 6.07 Å². The summed E-state index contributed by atoms with van der Waals surface area (Å²) < 4.78 is 15.1. The highest BCUT2D eigenvalue weighted by Gasteiger charge is 2.51. The summed E-state index contributed by atoms with van der Waals surface area (Å²) in [7, 11) is 1.39. The summed E-state index contributed by atoms with van der Waals surface area (Å²) in [5, 5.41) is 40.6. The molecule has 1 fully saturated rings. The normalized spacial score (nSPS) is 26.4. The van der Waals surface area contributed by atoms with Gasteiger partial charge in [0.15, 0.2) is 23.2 Å². The van der Waals surface area contributed by atoms with Gasteiger partial charge in [-0.3, -0.25) is 0 Å². The molecule has 0 radical (unpaired) electrons. The van der Waals surface area contributed by atoms with Crippen LogP contribution in [0.25, 0.3) is 6.08 Å². The number of aliphatic hydroxyl groups is 3. The van der Waals surface area contributed by atoms with Crippen LogP contribution < -0.4 is 4.74 Å². The van der Waals surface area contributed by atoms with Crippen molar-refractivity contribution in [3.8, 4) is 11.5 Å².